The summed E-state index contributed by atoms with van der Waals surface area (Å²) < 4.78 is 5.17. The van der Waals surface area contributed by atoms with Crippen LogP contribution in [0.3, 0.4) is 0 Å². The maximum Gasteiger partial charge on any atom is 0.407 e. The number of rotatable bonds is 5. The maximum absolute atomic E-state index is 11.6. The average molecular weight is 291 g/mol. The third-order valence-electron chi connectivity index (χ3n) is 2.47. The van der Waals surface area contributed by atoms with Gasteiger partial charge in [-0.1, -0.05) is 36.4 Å². The van der Waals surface area contributed by atoms with Gasteiger partial charge in [-0.2, -0.15) is 0 Å². The lowest BCUT2D eigenvalue weighted by Gasteiger charge is -2.19. The number of amides is 1. The SMILES string of the molecule is CC(C)(C)OC(=O)NCc1ccccc1C=CCC(=O)O. The molecule has 1 rings (SSSR count). The van der Waals surface area contributed by atoms with Crippen LogP contribution in [0.5, 0.6) is 0 Å². The van der Waals surface area contributed by atoms with E-state index in [0.717, 1.165) is 11.1 Å². The second-order valence-corrected chi connectivity index (χ2v) is 5.55. The molecule has 0 spiro atoms. The van der Waals surface area contributed by atoms with Gasteiger partial charge in [-0.25, -0.2) is 4.79 Å². The zero-order chi connectivity index (χ0) is 15.9. The molecule has 0 radical (unpaired) electrons. The van der Waals surface area contributed by atoms with Crippen molar-refractivity contribution in [2.45, 2.75) is 39.3 Å². The van der Waals surface area contributed by atoms with Crippen LogP contribution in [0, 0.1) is 0 Å². The first kappa shape index (κ1) is 16.8. The summed E-state index contributed by atoms with van der Waals surface area (Å²) in [4.78, 5) is 22.1. The number of ether oxygens (including phenoxy) is 1. The van der Waals surface area contributed by atoms with Gasteiger partial charge in [-0.3, -0.25) is 4.79 Å². The number of alkyl carbamates (subject to hydrolysis) is 1. The van der Waals surface area contributed by atoms with Crippen molar-refractivity contribution in [1.82, 2.24) is 5.32 Å². The summed E-state index contributed by atoms with van der Waals surface area (Å²) >= 11 is 0. The number of carbonyl (C=O) groups is 2. The van der Waals surface area contributed by atoms with Crippen LogP contribution in [-0.2, 0) is 16.1 Å². The molecule has 0 fully saturated rings. The zero-order valence-electron chi connectivity index (χ0n) is 12.6. The first-order valence-corrected chi connectivity index (χ1v) is 6.71. The largest absolute Gasteiger partial charge is 0.481 e. The summed E-state index contributed by atoms with van der Waals surface area (Å²) in [5.74, 6) is -0.879. The Morgan fingerprint density at radius 2 is 1.95 bits per heavy atom. The summed E-state index contributed by atoms with van der Waals surface area (Å²) in [5, 5.41) is 11.3. The molecular weight excluding hydrogens is 270 g/mol. The van der Waals surface area contributed by atoms with E-state index in [-0.39, 0.29) is 6.42 Å². The van der Waals surface area contributed by atoms with Gasteiger partial charge in [0.25, 0.3) is 0 Å². The predicted octanol–water partition coefficient (Wildman–Crippen LogP) is 3.20. The van der Waals surface area contributed by atoms with E-state index in [4.69, 9.17) is 9.84 Å². The van der Waals surface area contributed by atoms with Gasteiger partial charge < -0.3 is 15.2 Å². The van der Waals surface area contributed by atoms with Crippen molar-refractivity contribution in [2.75, 3.05) is 0 Å². The molecule has 0 saturated carbocycles. The van der Waals surface area contributed by atoms with E-state index in [1.54, 1.807) is 32.9 Å². The van der Waals surface area contributed by atoms with Crippen LogP contribution < -0.4 is 5.32 Å². The van der Waals surface area contributed by atoms with E-state index < -0.39 is 17.7 Å². The van der Waals surface area contributed by atoms with Crippen molar-refractivity contribution in [3.05, 3.63) is 41.5 Å². The van der Waals surface area contributed by atoms with Crippen LogP contribution in [0.1, 0.15) is 38.3 Å². The molecular formula is C16H21NO4. The van der Waals surface area contributed by atoms with Crippen molar-refractivity contribution in [2.24, 2.45) is 0 Å². The van der Waals surface area contributed by atoms with Gasteiger partial charge in [0.15, 0.2) is 0 Å². The molecule has 1 amide bonds. The molecule has 2 N–H and O–H groups in total. The van der Waals surface area contributed by atoms with Crippen molar-refractivity contribution in [1.29, 1.82) is 0 Å². The van der Waals surface area contributed by atoms with Crippen LogP contribution in [0.15, 0.2) is 30.3 Å². The van der Waals surface area contributed by atoms with E-state index in [1.165, 1.54) is 0 Å². The lowest BCUT2D eigenvalue weighted by atomic mass is 10.1. The minimum absolute atomic E-state index is 0.0339. The molecule has 1 aromatic carbocycles. The van der Waals surface area contributed by atoms with E-state index in [2.05, 4.69) is 5.32 Å². The number of hydrogen-bond donors (Lipinski definition) is 2. The standard InChI is InChI=1S/C16H21NO4/c1-16(2,3)21-15(20)17-11-13-8-5-4-7-12(13)9-6-10-14(18)19/h4-9H,10-11H2,1-3H3,(H,17,20)(H,18,19). The van der Waals surface area contributed by atoms with Gasteiger partial charge in [0.1, 0.15) is 5.60 Å². The van der Waals surface area contributed by atoms with Gasteiger partial charge in [0.2, 0.25) is 0 Å². The number of benzene rings is 1. The third-order valence-corrected chi connectivity index (χ3v) is 2.47. The molecule has 0 bridgehead atoms. The molecule has 0 saturated heterocycles. The monoisotopic (exact) mass is 291 g/mol. The zero-order valence-corrected chi connectivity index (χ0v) is 12.6. The molecule has 0 heterocycles. The lowest BCUT2D eigenvalue weighted by molar-refractivity contribution is -0.135. The van der Waals surface area contributed by atoms with E-state index in [1.807, 2.05) is 24.3 Å². The number of nitrogens with one attached hydrogen (secondary N) is 1. The van der Waals surface area contributed by atoms with Crippen LogP contribution in [-0.4, -0.2) is 22.8 Å². The van der Waals surface area contributed by atoms with Gasteiger partial charge >= 0.3 is 12.1 Å². The average Bonchev–Trinajstić information content (AvgIpc) is 2.35. The maximum atomic E-state index is 11.6. The van der Waals surface area contributed by atoms with Crippen molar-refractivity contribution in [3.63, 3.8) is 0 Å². The summed E-state index contributed by atoms with van der Waals surface area (Å²) in [5.41, 5.74) is 1.23. The lowest BCUT2D eigenvalue weighted by Crippen LogP contribution is -2.32. The summed E-state index contributed by atoms with van der Waals surface area (Å²) in [6.07, 6.45) is 2.80. The van der Waals surface area contributed by atoms with E-state index >= 15 is 0 Å². The second kappa shape index (κ2) is 7.47. The fourth-order valence-corrected chi connectivity index (χ4v) is 1.63. The summed E-state index contributed by atoms with van der Waals surface area (Å²) in [6.45, 7) is 5.72. The van der Waals surface area contributed by atoms with Gasteiger partial charge in [-0.05, 0) is 31.9 Å². The van der Waals surface area contributed by atoms with Crippen LogP contribution >= 0.6 is 0 Å². The van der Waals surface area contributed by atoms with Crippen molar-refractivity contribution < 1.29 is 19.4 Å². The number of carboxylic acid groups (broad SMARTS) is 1. The Labute approximate surface area is 124 Å². The molecule has 0 aromatic heterocycles. The molecule has 5 heteroatoms. The first-order chi connectivity index (χ1) is 9.78. The predicted molar refractivity (Wildman–Crippen MR) is 80.8 cm³/mol. The Kier molecular flexibility index (Phi) is 5.96. The Morgan fingerprint density at radius 3 is 2.57 bits per heavy atom. The van der Waals surface area contributed by atoms with Crippen LogP contribution in [0.4, 0.5) is 4.79 Å². The molecule has 0 aliphatic carbocycles. The minimum atomic E-state index is -0.879. The molecule has 0 atom stereocenters. The van der Waals surface area contributed by atoms with Gasteiger partial charge in [-0.15, -0.1) is 0 Å². The highest BCUT2D eigenvalue weighted by molar-refractivity contribution is 5.71. The molecule has 0 aliphatic rings. The molecule has 114 valence electrons. The number of carboxylic acids is 1. The summed E-state index contributed by atoms with van der Waals surface area (Å²) in [6, 6.07) is 7.46. The molecule has 0 aliphatic heterocycles. The Hall–Kier alpha value is -2.30. The fourth-order valence-electron chi connectivity index (χ4n) is 1.63. The number of hydrogen-bond acceptors (Lipinski definition) is 3. The second-order valence-electron chi connectivity index (χ2n) is 5.55. The highest BCUT2D eigenvalue weighted by Crippen LogP contribution is 2.12. The smallest absolute Gasteiger partial charge is 0.407 e. The van der Waals surface area contributed by atoms with Gasteiger partial charge in [0.05, 0.1) is 6.42 Å². The van der Waals surface area contributed by atoms with E-state index in [0.29, 0.717) is 6.54 Å². The fraction of sp³-hybridized carbons (Fsp3) is 0.375. The Morgan fingerprint density at radius 1 is 1.29 bits per heavy atom. The molecule has 21 heavy (non-hydrogen) atoms. The molecule has 1 aromatic rings. The normalized spacial score (nSPS) is 11.4. The molecule has 0 unspecified atom stereocenters. The highest BCUT2D eigenvalue weighted by atomic mass is 16.6. The van der Waals surface area contributed by atoms with Crippen LogP contribution in [0.25, 0.3) is 6.08 Å². The van der Waals surface area contributed by atoms with Crippen LogP contribution in [0.2, 0.25) is 0 Å². The Balaban J connectivity index is 2.65. The quantitative estimate of drug-likeness (QED) is 0.873. The van der Waals surface area contributed by atoms with Crippen molar-refractivity contribution in [3.8, 4) is 0 Å². The summed E-state index contributed by atoms with van der Waals surface area (Å²) in [7, 11) is 0. The number of aliphatic carboxylic acids is 1. The van der Waals surface area contributed by atoms with Gasteiger partial charge in [0, 0.05) is 6.54 Å². The third kappa shape index (κ3) is 7.15. The highest BCUT2D eigenvalue weighted by Gasteiger charge is 2.15. The van der Waals surface area contributed by atoms with Crippen molar-refractivity contribution >= 4 is 18.1 Å². The molecule has 5 nitrogen and oxygen atoms in total. The first-order valence-electron chi connectivity index (χ1n) is 6.71. The topological polar surface area (TPSA) is 75.6 Å². The Bertz CT molecular complexity index is 529. The van der Waals surface area contributed by atoms with E-state index in [9.17, 15) is 9.59 Å². The minimum Gasteiger partial charge on any atom is -0.481 e. The number of carbonyl (C=O) groups excluding carboxylic acids is 1.